The molecule has 0 radical (unpaired) electrons. The number of ether oxygens (including phenoxy) is 1. The number of aromatic nitrogens is 2. The van der Waals surface area contributed by atoms with Crippen LogP contribution in [0.1, 0.15) is 24.2 Å². The average molecular weight is 247 g/mol. The molecule has 5 heteroatoms. The Bertz CT molecular complexity index is 560. The van der Waals surface area contributed by atoms with Gasteiger partial charge in [-0.05, 0) is 26.0 Å². The lowest BCUT2D eigenvalue weighted by Gasteiger charge is -2.23. The fourth-order valence-corrected chi connectivity index (χ4v) is 1.55. The van der Waals surface area contributed by atoms with Gasteiger partial charge in [0.15, 0.2) is 0 Å². The van der Waals surface area contributed by atoms with E-state index in [0.29, 0.717) is 12.1 Å². The second kappa shape index (κ2) is 4.78. The van der Waals surface area contributed by atoms with E-state index >= 15 is 0 Å². The van der Waals surface area contributed by atoms with Crippen LogP contribution in [0, 0.1) is 0 Å². The molecule has 1 aromatic carbocycles. The molecule has 0 saturated heterocycles. The maximum Gasteiger partial charge on any atom is 0.251 e. The minimum absolute atomic E-state index is 0.114. The van der Waals surface area contributed by atoms with Crippen molar-refractivity contribution in [2.45, 2.75) is 19.4 Å². The monoisotopic (exact) mass is 247 g/mol. The molecule has 0 saturated carbocycles. The van der Waals surface area contributed by atoms with Gasteiger partial charge in [0.25, 0.3) is 5.91 Å². The molecule has 0 bridgehead atoms. The van der Waals surface area contributed by atoms with Crippen LogP contribution >= 0.6 is 0 Å². The van der Waals surface area contributed by atoms with Gasteiger partial charge in [-0.3, -0.25) is 9.89 Å². The topological polar surface area (TPSA) is 67.0 Å². The van der Waals surface area contributed by atoms with Crippen LogP contribution in [-0.2, 0) is 4.74 Å². The van der Waals surface area contributed by atoms with Crippen LogP contribution in [0.3, 0.4) is 0 Å². The Morgan fingerprint density at radius 3 is 3.00 bits per heavy atom. The number of H-pyrrole nitrogens is 1. The van der Waals surface area contributed by atoms with Crippen molar-refractivity contribution < 1.29 is 9.53 Å². The largest absolute Gasteiger partial charge is 0.377 e. The van der Waals surface area contributed by atoms with Crippen molar-refractivity contribution in [3.63, 3.8) is 0 Å². The van der Waals surface area contributed by atoms with E-state index in [4.69, 9.17) is 4.74 Å². The molecule has 1 heterocycles. The molecule has 0 aliphatic heterocycles. The van der Waals surface area contributed by atoms with E-state index < -0.39 is 0 Å². The van der Waals surface area contributed by atoms with E-state index in [1.54, 1.807) is 25.4 Å². The Morgan fingerprint density at radius 2 is 2.28 bits per heavy atom. The molecular weight excluding hydrogens is 230 g/mol. The molecule has 0 unspecified atom stereocenters. The van der Waals surface area contributed by atoms with Crippen LogP contribution in [0.25, 0.3) is 10.9 Å². The Hall–Kier alpha value is -1.88. The van der Waals surface area contributed by atoms with Crippen LogP contribution in [-0.4, -0.2) is 35.4 Å². The summed E-state index contributed by atoms with van der Waals surface area (Å²) >= 11 is 0. The lowest BCUT2D eigenvalue weighted by Crippen LogP contribution is -2.39. The van der Waals surface area contributed by atoms with Crippen molar-refractivity contribution in [2.75, 3.05) is 13.7 Å². The van der Waals surface area contributed by atoms with E-state index in [1.807, 2.05) is 19.9 Å². The predicted octanol–water partition coefficient (Wildman–Crippen LogP) is 1.72. The van der Waals surface area contributed by atoms with Gasteiger partial charge in [-0.1, -0.05) is 6.07 Å². The number of hydrogen-bond acceptors (Lipinski definition) is 3. The number of methoxy groups -OCH3 is 1. The van der Waals surface area contributed by atoms with Gasteiger partial charge in [-0.25, -0.2) is 0 Å². The zero-order valence-corrected chi connectivity index (χ0v) is 10.8. The molecular formula is C13H17N3O2. The SMILES string of the molecule is COC(C)(C)CNC(=O)c1ccc2cn[nH]c2c1. The molecule has 0 aliphatic carbocycles. The van der Waals surface area contributed by atoms with Gasteiger partial charge in [0, 0.05) is 24.6 Å². The summed E-state index contributed by atoms with van der Waals surface area (Å²) in [6.45, 7) is 4.31. The van der Waals surface area contributed by atoms with Crippen molar-refractivity contribution in [3.8, 4) is 0 Å². The van der Waals surface area contributed by atoms with Gasteiger partial charge in [0.1, 0.15) is 0 Å². The summed E-state index contributed by atoms with van der Waals surface area (Å²) in [7, 11) is 1.63. The van der Waals surface area contributed by atoms with Gasteiger partial charge in [0.2, 0.25) is 0 Å². The highest BCUT2D eigenvalue weighted by Crippen LogP contribution is 2.13. The van der Waals surface area contributed by atoms with Crippen LogP contribution in [0.5, 0.6) is 0 Å². The van der Waals surface area contributed by atoms with Gasteiger partial charge in [-0.2, -0.15) is 5.10 Å². The number of benzene rings is 1. The van der Waals surface area contributed by atoms with Crippen molar-refractivity contribution in [3.05, 3.63) is 30.0 Å². The molecule has 2 N–H and O–H groups in total. The summed E-state index contributed by atoms with van der Waals surface area (Å²) in [6.07, 6.45) is 1.73. The summed E-state index contributed by atoms with van der Waals surface area (Å²) in [6, 6.07) is 5.44. The van der Waals surface area contributed by atoms with Gasteiger partial charge < -0.3 is 10.1 Å². The minimum atomic E-state index is -0.367. The molecule has 96 valence electrons. The third-order valence-electron chi connectivity index (χ3n) is 2.93. The number of nitrogens with zero attached hydrogens (tertiary/aromatic N) is 1. The number of carbonyl (C=O) groups excluding carboxylic acids is 1. The fourth-order valence-electron chi connectivity index (χ4n) is 1.55. The summed E-state index contributed by atoms with van der Waals surface area (Å²) in [5.41, 5.74) is 1.10. The van der Waals surface area contributed by atoms with Crippen LogP contribution in [0.15, 0.2) is 24.4 Å². The second-order valence-electron chi connectivity index (χ2n) is 4.82. The number of rotatable bonds is 4. The van der Waals surface area contributed by atoms with Crippen molar-refractivity contribution in [1.29, 1.82) is 0 Å². The Labute approximate surface area is 106 Å². The number of carbonyl (C=O) groups is 1. The molecule has 2 rings (SSSR count). The standard InChI is InChI=1S/C13H17N3O2/c1-13(2,18-3)8-14-12(17)9-4-5-10-7-15-16-11(10)6-9/h4-7H,8H2,1-3H3,(H,14,17)(H,15,16). The van der Waals surface area contributed by atoms with E-state index in [-0.39, 0.29) is 11.5 Å². The third-order valence-corrected chi connectivity index (χ3v) is 2.93. The van der Waals surface area contributed by atoms with Crippen LogP contribution in [0.2, 0.25) is 0 Å². The molecule has 0 aliphatic rings. The Kier molecular flexibility index (Phi) is 3.34. The minimum Gasteiger partial charge on any atom is -0.377 e. The highest BCUT2D eigenvalue weighted by atomic mass is 16.5. The molecule has 5 nitrogen and oxygen atoms in total. The third kappa shape index (κ3) is 2.68. The zero-order valence-electron chi connectivity index (χ0n) is 10.8. The number of fused-ring (bicyclic) bond motifs is 1. The maximum absolute atomic E-state index is 12.0. The molecule has 0 fully saturated rings. The maximum atomic E-state index is 12.0. The van der Waals surface area contributed by atoms with Crippen molar-refractivity contribution in [2.24, 2.45) is 0 Å². The van der Waals surface area contributed by atoms with E-state index in [0.717, 1.165) is 10.9 Å². The smallest absolute Gasteiger partial charge is 0.251 e. The Balaban J connectivity index is 2.08. The number of aromatic amines is 1. The number of hydrogen-bond donors (Lipinski definition) is 2. The first-order valence-corrected chi connectivity index (χ1v) is 5.78. The van der Waals surface area contributed by atoms with Gasteiger partial charge in [-0.15, -0.1) is 0 Å². The summed E-state index contributed by atoms with van der Waals surface area (Å²) in [4.78, 5) is 12.0. The molecule has 2 aromatic rings. The summed E-state index contributed by atoms with van der Waals surface area (Å²) in [5.74, 6) is -0.114. The molecule has 0 atom stereocenters. The number of nitrogens with one attached hydrogen (secondary N) is 2. The average Bonchev–Trinajstić information content (AvgIpc) is 2.83. The summed E-state index contributed by atoms with van der Waals surface area (Å²) < 4.78 is 5.25. The highest BCUT2D eigenvalue weighted by Gasteiger charge is 2.18. The van der Waals surface area contributed by atoms with Crippen LogP contribution < -0.4 is 5.32 Å². The first-order valence-electron chi connectivity index (χ1n) is 5.78. The van der Waals surface area contributed by atoms with Gasteiger partial charge >= 0.3 is 0 Å². The fraction of sp³-hybridized carbons (Fsp3) is 0.385. The molecule has 18 heavy (non-hydrogen) atoms. The van der Waals surface area contributed by atoms with E-state index in [9.17, 15) is 4.79 Å². The normalized spacial score (nSPS) is 11.7. The summed E-state index contributed by atoms with van der Waals surface area (Å²) in [5, 5.41) is 10.6. The van der Waals surface area contributed by atoms with Crippen LogP contribution in [0.4, 0.5) is 0 Å². The van der Waals surface area contributed by atoms with E-state index in [2.05, 4.69) is 15.5 Å². The lowest BCUT2D eigenvalue weighted by molar-refractivity contribution is 0.0229. The predicted molar refractivity (Wildman–Crippen MR) is 69.5 cm³/mol. The zero-order chi connectivity index (χ0) is 13.2. The quantitative estimate of drug-likeness (QED) is 0.864. The number of amides is 1. The second-order valence-corrected chi connectivity index (χ2v) is 4.82. The first kappa shape index (κ1) is 12.6. The van der Waals surface area contributed by atoms with Gasteiger partial charge in [0.05, 0.1) is 17.3 Å². The lowest BCUT2D eigenvalue weighted by atomic mass is 10.1. The highest BCUT2D eigenvalue weighted by molar-refractivity contribution is 5.97. The van der Waals surface area contributed by atoms with Crippen molar-refractivity contribution in [1.82, 2.24) is 15.5 Å². The molecule has 1 amide bonds. The molecule has 1 aromatic heterocycles. The molecule has 0 spiro atoms. The first-order chi connectivity index (χ1) is 8.52. The Morgan fingerprint density at radius 1 is 1.50 bits per heavy atom. The van der Waals surface area contributed by atoms with Crippen molar-refractivity contribution >= 4 is 16.8 Å². The van der Waals surface area contributed by atoms with E-state index in [1.165, 1.54) is 0 Å².